The first-order chi connectivity index (χ1) is 14.1. The maximum absolute atomic E-state index is 12.3. The first kappa shape index (κ1) is 20.1. The van der Waals surface area contributed by atoms with E-state index in [0.717, 1.165) is 5.56 Å². The molecule has 2 aromatic carbocycles. The van der Waals surface area contributed by atoms with Crippen molar-refractivity contribution >= 4 is 17.5 Å². The van der Waals surface area contributed by atoms with Crippen LogP contribution < -0.4 is 10.1 Å². The average Bonchev–Trinajstić information content (AvgIpc) is 3.29. The van der Waals surface area contributed by atoms with Gasteiger partial charge in [0.15, 0.2) is 6.61 Å². The van der Waals surface area contributed by atoms with Crippen LogP contribution in [-0.4, -0.2) is 46.6 Å². The van der Waals surface area contributed by atoms with Crippen LogP contribution in [0.1, 0.15) is 24.2 Å². The zero-order valence-electron chi connectivity index (χ0n) is 16.3. The molecular formula is C21H22N4O4. The van der Waals surface area contributed by atoms with Crippen molar-refractivity contribution in [2.75, 3.05) is 25.0 Å². The molecule has 0 saturated carbocycles. The van der Waals surface area contributed by atoms with Gasteiger partial charge < -0.3 is 19.4 Å². The second kappa shape index (κ2) is 9.50. The molecule has 0 bridgehead atoms. The van der Waals surface area contributed by atoms with E-state index in [4.69, 9.17) is 9.15 Å². The molecule has 0 saturated heterocycles. The average molecular weight is 394 g/mol. The summed E-state index contributed by atoms with van der Waals surface area (Å²) in [7, 11) is 0. The third-order valence-electron chi connectivity index (χ3n) is 4.30. The van der Waals surface area contributed by atoms with Gasteiger partial charge >= 0.3 is 0 Å². The quantitative estimate of drug-likeness (QED) is 0.630. The number of carbonyl (C=O) groups excluding carboxylic acids is 2. The largest absolute Gasteiger partial charge is 0.484 e. The molecule has 8 heteroatoms. The fourth-order valence-electron chi connectivity index (χ4n) is 2.73. The van der Waals surface area contributed by atoms with E-state index in [-0.39, 0.29) is 18.4 Å². The van der Waals surface area contributed by atoms with Crippen LogP contribution in [0.2, 0.25) is 0 Å². The van der Waals surface area contributed by atoms with Crippen molar-refractivity contribution in [3.05, 3.63) is 60.5 Å². The maximum atomic E-state index is 12.3. The Labute approximate surface area is 168 Å². The molecule has 1 N–H and O–H groups in total. The van der Waals surface area contributed by atoms with Crippen LogP contribution in [0.3, 0.4) is 0 Å². The zero-order valence-corrected chi connectivity index (χ0v) is 16.3. The van der Waals surface area contributed by atoms with E-state index in [1.165, 1.54) is 6.39 Å². The van der Waals surface area contributed by atoms with Crippen molar-refractivity contribution in [3.8, 4) is 17.2 Å². The number of aromatic nitrogens is 2. The summed E-state index contributed by atoms with van der Waals surface area (Å²) >= 11 is 0. The van der Waals surface area contributed by atoms with E-state index < -0.39 is 0 Å². The molecule has 1 heterocycles. The van der Waals surface area contributed by atoms with Crippen LogP contribution in [0, 0.1) is 0 Å². The number of nitrogens with zero attached hydrogens (tertiary/aromatic N) is 3. The Morgan fingerprint density at radius 2 is 1.72 bits per heavy atom. The van der Waals surface area contributed by atoms with Crippen LogP contribution >= 0.6 is 0 Å². The monoisotopic (exact) mass is 394 g/mol. The molecule has 3 rings (SSSR count). The normalized spacial score (nSPS) is 10.4. The predicted octanol–water partition coefficient (Wildman–Crippen LogP) is 3.24. The van der Waals surface area contributed by atoms with Crippen molar-refractivity contribution in [1.82, 2.24) is 15.1 Å². The van der Waals surface area contributed by atoms with Crippen LogP contribution in [-0.2, 0) is 4.79 Å². The first-order valence-electron chi connectivity index (χ1n) is 9.29. The van der Waals surface area contributed by atoms with Gasteiger partial charge in [-0.25, -0.2) is 0 Å². The molecule has 0 unspecified atom stereocenters. The summed E-state index contributed by atoms with van der Waals surface area (Å²) in [6.45, 7) is 5.05. The summed E-state index contributed by atoms with van der Waals surface area (Å²) in [5.74, 6) is 0.634. The number of carbonyl (C=O) groups is 2. The number of rotatable bonds is 8. The van der Waals surface area contributed by atoms with E-state index in [9.17, 15) is 9.59 Å². The fourth-order valence-corrected chi connectivity index (χ4v) is 2.73. The number of ether oxygens (including phenoxy) is 1. The van der Waals surface area contributed by atoms with Gasteiger partial charge in [0.1, 0.15) is 5.75 Å². The zero-order chi connectivity index (χ0) is 20.6. The van der Waals surface area contributed by atoms with Crippen LogP contribution in [0.5, 0.6) is 5.75 Å². The molecule has 0 aliphatic carbocycles. The summed E-state index contributed by atoms with van der Waals surface area (Å²) in [6.07, 6.45) is 1.26. The third-order valence-corrected chi connectivity index (χ3v) is 4.30. The topological polar surface area (TPSA) is 97.6 Å². The van der Waals surface area contributed by atoms with E-state index in [1.54, 1.807) is 53.4 Å². The van der Waals surface area contributed by atoms with Crippen LogP contribution in [0.25, 0.3) is 11.5 Å². The lowest BCUT2D eigenvalue weighted by molar-refractivity contribution is -0.118. The van der Waals surface area contributed by atoms with Gasteiger partial charge in [-0.05, 0) is 62.4 Å². The summed E-state index contributed by atoms with van der Waals surface area (Å²) in [4.78, 5) is 26.2. The lowest BCUT2D eigenvalue weighted by atomic mass is 10.2. The number of hydrogen-bond acceptors (Lipinski definition) is 6. The van der Waals surface area contributed by atoms with Crippen LogP contribution in [0.4, 0.5) is 5.69 Å². The van der Waals surface area contributed by atoms with Gasteiger partial charge in [-0.15, -0.1) is 10.2 Å². The predicted molar refractivity (Wildman–Crippen MR) is 108 cm³/mol. The fraction of sp³-hybridized carbons (Fsp3) is 0.238. The Morgan fingerprint density at radius 1 is 1.03 bits per heavy atom. The smallest absolute Gasteiger partial charge is 0.262 e. The second-order valence-electron chi connectivity index (χ2n) is 6.16. The van der Waals surface area contributed by atoms with Gasteiger partial charge in [0.05, 0.1) is 0 Å². The summed E-state index contributed by atoms with van der Waals surface area (Å²) < 4.78 is 10.6. The van der Waals surface area contributed by atoms with Gasteiger partial charge in [-0.2, -0.15) is 0 Å². The minimum atomic E-state index is -0.297. The summed E-state index contributed by atoms with van der Waals surface area (Å²) in [5, 5.41) is 10.2. The first-order valence-corrected chi connectivity index (χ1v) is 9.29. The van der Waals surface area contributed by atoms with E-state index in [1.807, 2.05) is 13.8 Å². The standard InChI is InChI=1S/C21H22N4O4/c1-3-25(4-2)21(27)16-5-9-17(10-6-16)23-19(26)13-28-18-11-7-15(8-12-18)20-24-22-14-29-20/h5-12,14H,3-4,13H2,1-2H3,(H,23,26). The van der Waals surface area contributed by atoms with Gasteiger partial charge in [0, 0.05) is 29.9 Å². The van der Waals surface area contributed by atoms with Gasteiger partial charge in [-0.3, -0.25) is 9.59 Å². The molecule has 0 radical (unpaired) electrons. The molecule has 0 aliphatic rings. The Hall–Kier alpha value is -3.68. The number of benzene rings is 2. The molecular weight excluding hydrogens is 372 g/mol. The van der Waals surface area contributed by atoms with Crippen LogP contribution in [0.15, 0.2) is 59.3 Å². The summed E-state index contributed by atoms with van der Waals surface area (Å²) in [5.41, 5.74) is 1.95. The molecule has 150 valence electrons. The number of anilines is 1. The number of amides is 2. The highest BCUT2D eigenvalue weighted by Crippen LogP contribution is 2.20. The van der Waals surface area contributed by atoms with Crippen molar-refractivity contribution in [2.24, 2.45) is 0 Å². The minimum Gasteiger partial charge on any atom is -0.484 e. The van der Waals surface area contributed by atoms with Gasteiger partial charge in [0.25, 0.3) is 11.8 Å². The molecule has 0 spiro atoms. The molecule has 0 atom stereocenters. The Balaban J connectivity index is 1.51. The maximum Gasteiger partial charge on any atom is 0.262 e. The number of hydrogen-bond donors (Lipinski definition) is 1. The lowest BCUT2D eigenvalue weighted by Gasteiger charge is -2.18. The molecule has 1 aromatic heterocycles. The van der Waals surface area contributed by atoms with Crippen molar-refractivity contribution in [2.45, 2.75) is 13.8 Å². The van der Waals surface area contributed by atoms with Gasteiger partial charge in [0.2, 0.25) is 12.3 Å². The highest BCUT2D eigenvalue weighted by molar-refractivity contribution is 5.96. The Bertz CT molecular complexity index is 934. The van der Waals surface area contributed by atoms with E-state index in [0.29, 0.717) is 36.0 Å². The van der Waals surface area contributed by atoms with Crippen molar-refractivity contribution < 1.29 is 18.7 Å². The molecule has 0 aliphatic heterocycles. The van der Waals surface area contributed by atoms with E-state index >= 15 is 0 Å². The molecule has 8 nitrogen and oxygen atoms in total. The summed E-state index contributed by atoms with van der Waals surface area (Å²) in [6, 6.07) is 13.8. The second-order valence-corrected chi connectivity index (χ2v) is 6.16. The van der Waals surface area contributed by atoms with Crippen molar-refractivity contribution in [1.29, 1.82) is 0 Å². The minimum absolute atomic E-state index is 0.0276. The van der Waals surface area contributed by atoms with Gasteiger partial charge in [-0.1, -0.05) is 0 Å². The number of nitrogens with one attached hydrogen (secondary N) is 1. The molecule has 3 aromatic rings. The third kappa shape index (κ3) is 5.19. The SMILES string of the molecule is CCN(CC)C(=O)c1ccc(NC(=O)COc2ccc(-c3nnco3)cc2)cc1. The highest BCUT2D eigenvalue weighted by Gasteiger charge is 2.12. The molecule has 0 fully saturated rings. The lowest BCUT2D eigenvalue weighted by Crippen LogP contribution is -2.30. The van der Waals surface area contributed by atoms with E-state index in [2.05, 4.69) is 15.5 Å². The van der Waals surface area contributed by atoms with Crippen molar-refractivity contribution in [3.63, 3.8) is 0 Å². The Kier molecular flexibility index (Phi) is 6.57. The Morgan fingerprint density at radius 3 is 2.31 bits per heavy atom. The highest BCUT2D eigenvalue weighted by atomic mass is 16.5. The molecule has 29 heavy (non-hydrogen) atoms. The molecule has 2 amide bonds.